The van der Waals surface area contributed by atoms with Crippen molar-refractivity contribution in [3.63, 3.8) is 0 Å². The third kappa shape index (κ3) is 1.31. The molecule has 0 radical (unpaired) electrons. The van der Waals surface area contributed by atoms with Gasteiger partial charge in [0.05, 0.1) is 0 Å². The van der Waals surface area contributed by atoms with Crippen molar-refractivity contribution in [2.45, 2.75) is 12.5 Å². The highest BCUT2D eigenvalue weighted by Gasteiger charge is 2.42. The van der Waals surface area contributed by atoms with E-state index >= 15 is 0 Å². The number of hydrogen-bond acceptors (Lipinski definition) is 2. The van der Waals surface area contributed by atoms with Gasteiger partial charge in [-0.05, 0) is 19.1 Å². The molecule has 0 spiro atoms. The van der Waals surface area contributed by atoms with Gasteiger partial charge in [-0.25, -0.2) is 0 Å². The van der Waals surface area contributed by atoms with Crippen molar-refractivity contribution < 1.29 is 9.90 Å². The van der Waals surface area contributed by atoms with Crippen LogP contribution in [0.2, 0.25) is 0 Å². The van der Waals surface area contributed by atoms with Crippen molar-refractivity contribution in [3.05, 3.63) is 26.6 Å². The minimum Gasteiger partial charge on any atom is -0.375 e. The molecule has 1 aliphatic rings. The minimum atomic E-state index is -1.45. The lowest BCUT2D eigenvalue weighted by atomic mass is 9.98. The Balaban J connectivity index is 2.71. The van der Waals surface area contributed by atoms with Gasteiger partial charge in [0.25, 0.3) is 5.91 Å². The summed E-state index contributed by atoms with van der Waals surface area (Å²) in [4.78, 5) is 11.4. The number of nitrogens with one attached hydrogen (secondary N) is 1. The lowest BCUT2D eigenvalue weighted by Crippen LogP contribution is -2.30. The Morgan fingerprint density at radius 3 is 2.71 bits per heavy atom. The van der Waals surface area contributed by atoms with Crippen LogP contribution in [0.5, 0.6) is 0 Å². The van der Waals surface area contributed by atoms with Crippen molar-refractivity contribution in [2.75, 3.05) is 5.32 Å². The molecule has 1 aromatic carbocycles. The summed E-state index contributed by atoms with van der Waals surface area (Å²) < 4.78 is 1.56. The zero-order valence-electron chi connectivity index (χ0n) is 7.27. The Hall–Kier alpha value is -0.390. The number of fused-ring (bicyclic) bond motifs is 1. The number of halogens is 2. The van der Waals surface area contributed by atoms with Crippen molar-refractivity contribution in [3.8, 4) is 0 Å². The van der Waals surface area contributed by atoms with Gasteiger partial charge in [0, 0.05) is 20.2 Å². The van der Waals surface area contributed by atoms with E-state index in [1.165, 1.54) is 6.92 Å². The van der Waals surface area contributed by atoms with Crippen LogP contribution in [0, 0.1) is 0 Å². The molecule has 3 nitrogen and oxygen atoms in total. The Labute approximate surface area is 97.8 Å². The van der Waals surface area contributed by atoms with Crippen LogP contribution in [0.4, 0.5) is 5.69 Å². The minimum absolute atomic E-state index is 0.397. The van der Waals surface area contributed by atoms with Crippen LogP contribution >= 0.6 is 31.9 Å². The molecule has 1 unspecified atom stereocenters. The number of aliphatic hydroxyl groups is 1. The first kappa shape index (κ1) is 10.1. The van der Waals surface area contributed by atoms with Crippen molar-refractivity contribution in [1.29, 1.82) is 0 Å². The van der Waals surface area contributed by atoms with Gasteiger partial charge in [0.1, 0.15) is 0 Å². The molecule has 14 heavy (non-hydrogen) atoms. The number of hydrogen-bond donors (Lipinski definition) is 2. The predicted octanol–water partition coefficient (Wildman–Crippen LogP) is 2.37. The molecule has 2 N–H and O–H groups in total. The molecule has 0 aliphatic carbocycles. The second-order valence-electron chi connectivity index (χ2n) is 3.34. The molecule has 5 heteroatoms. The van der Waals surface area contributed by atoms with E-state index in [0.717, 1.165) is 4.47 Å². The Kier molecular flexibility index (Phi) is 2.21. The molecule has 1 atom stereocenters. The number of amides is 1. The zero-order valence-corrected chi connectivity index (χ0v) is 10.4. The van der Waals surface area contributed by atoms with Crippen LogP contribution in [0.3, 0.4) is 0 Å². The second-order valence-corrected chi connectivity index (χ2v) is 5.11. The highest BCUT2D eigenvalue weighted by atomic mass is 79.9. The van der Waals surface area contributed by atoms with Gasteiger partial charge in [0.15, 0.2) is 5.60 Å². The van der Waals surface area contributed by atoms with Crippen molar-refractivity contribution >= 4 is 43.5 Å². The van der Waals surface area contributed by atoms with Crippen LogP contribution in [0.25, 0.3) is 0 Å². The van der Waals surface area contributed by atoms with E-state index in [-0.39, 0.29) is 0 Å². The summed E-state index contributed by atoms with van der Waals surface area (Å²) in [6.07, 6.45) is 0. The molecule has 0 saturated heterocycles. The van der Waals surface area contributed by atoms with E-state index in [0.29, 0.717) is 15.7 Å². The van der Waals surface area contributed by atoms with Crippen LogP contribution in [-0.4, -0.2) is 11.0 Å². The van der Waals surface area contributed by atoms with E-state index in [9.17, 15) is 9.90 Å². The first-order valence-electron chi connectivity index (χ1n) is 3.96. The van der Waals surface area contributed by atoms with Crippen LogP contribution in [0.15, 0.2) is 21.1 Å². The van der Waals surface area contributed by atoms with Gasteiger partial charge in [-0.2, -0.15) is 0 Å². The molecular formula is C9H7Br2NO2. The van der Waals surface area contributed by atoms with Crippen LogP contribution in [-0.2, 0) is 10.4 Å². The first-order valence-corrected chi connectivity index (χ1v) is 5.55. The number of carbonyl (C=O) groups excluding carboxylic acids is 1. The summed E-state index contributed by atoms with van der Waals surface area (Å²) in [6.45, 7) is 1.48. The molecule has 2 rings (SSSR count). The summed E-state index contributed by atoms with van der Waals surface area (Å²) >= 11 is 6.63. The fourth-order valence-corrected chi connectivity index (χ4v) is 3.14. The SMILES string of the molecule is CC1(O)C(=O)Nc2cc(Br)cc(Br)c21. The molecule has 0 saturated carbocycles. The molecule has 0 fully saturated rings. The predicted molar refractivity (Wildman–Crippen MR) is 60.0 cm³/mol. The van der Waals surface area contributed by atoms with Gasteiger partial charge < -0.3 is 10.4 Å². The average Bonchev–Trinajstić information content (AvgIpc) is 2.21. The van der Waals surface area contributed by atoms with Crippen molar-refractivity contribution in [2.24, 2.45) is 0 Å². The second kappa shape index (κ2) is 3.05. The third-order valence-electron chi connectivity index (χ3n) is 2.23. The maximum Gasteiger partial charge on any atom is 0.260 e. The fraction of sp³-hybridized carbons (Fsp3) is 0.222. The molecule has 74 valence electrons. The lowest BCUT2D eigenvalue weighted by molar-refractivity contribution is -0.131. The molecule has 1 heterocycles. The first-order chi connectivity index (χ1) is 6.43. The van der Waals surface area contributed by atoms with Crippen LogP contribution < -0.4 is 5.32 Å². The van der Waals surface area contributed by atoms with E-state index in [2.05, 4.69) is 37.2 Å². The van der Waals surface area contributed by atoms with Gasteiger partial charge in [-0.1, -0.05) is 31.9 Å². The van der Waals surface area contributed by atoms with Gasteiger partial charge in [-0.3, -0.25) is 4.79 Å². The molecule has 1 aromatic rings. The summed E-state index contributed by atoms with van der Waals surface area (Å²) in [6, 6.07) is 3.56. The van der Waals surface area contributed by atoms with Gasteiger partial charge >= 0.3 is 0 Å². The molecule has 1 amide bonds. The smallest absolute Gasteiger partial charge is 0.260 e. The maximum absolute atomic E-state index is 11.4. The Morgan fingerprint density at radius 2 is 2.07 bits per heavy atom. The summed E-state index contributed by atoms with van der Waals surface area (Å²) in [7, 11) is 0. The molecular weight excluding hydrogens is 314 g/mol. The highest BCUT2D eigenvalue weighted by Crippen LogP contribution is 2.42. The molecule has 0 aromatic heterocycles. The van der Waals surface area contributed by atoms with Crippen molar-refractivity contribution in [1.82, 2.24) is 0 Å². The summed E-state index contributed by atoms with van der Waals surface area (Å²) in [5.74, 6) is -0.397. The third-order valence-corrected chi connectivity index (χ3v) is 3.32. The number of benzene rings is 1. The molecule has 0 bridgehead atoms. The highest BCUT2D eigenvalue weighted by molar-refractivity contribution is 9.11. The monoisotopic (exact) mass is 319 g/mol. The number of anilines is 1. The standard InChI is InChI=1S/C9H7Br2NO2/c1-9(14)7-5(11)2-4(10)3-6(7)12-8(9)13/h2-3,14H,1H3,(H,12,13). The summed E-state index contributed by atoms with van der Waals surface area (Å²) in [5, 5.41) is 12.5. The Bertz CT molecular complexity index is 429. The van der Waals surface area contributed by atoms with E-state index < -0.39 is 11.5 Å². The van der Waals surface area contributed by atoms with Gasteiger partial charge in [0.2, 0.25) is 0 Å². The average molecular weight is 321 g/mol. The fourth-order valence-electron chi connectivity index (χ4n) is 1.52. The van der Waals surface area contributed by atoms with E-state index in [1.807, 2.05) is 0 Å². The van der Waals surface area contributed by atoms with E-state index in [1.54, 1.807) is 12.1 Å². The zero-order chi connectivity index (χ0) is 10.5. The Morgan fingerprint density at radius 1 is 1.43 bits per heavy atom. The van der Waals surface area contributed by atoms with Crippen LogP contribution in [0.1, 0.15) is 12.5 Å². The number of carbonyl (C=O) groups is 1. The lowest BCUT2D eigenvalue weighted by Gasteiger charge is -2.15. The van der Waals surface area contributed by atoms with E-state index in [4.69, 9.17) is 0 Å². The normalized spacial score (nSPS) is 24.7. The van der Waals surface area contributed by atoms with Gasteiger partial charge in [-0.15, -0.1) is 0 Å². The summed E-state index contributed by atoms with van der Waals surface area (Å²) in [5.41, 5.74) is -0.221. The topological polar surface area (TPSA) is 49.3 Å². The number of rotatable bonds is 0. The largest absolute Gasteiger partial charge is 0.375 e. The quantitative estimate of drug-likeness (QED) is 0.771. The molecule has 1 aliphatic heterocycles. The maximum atomic E-state index is 11.4.